The molecule has 3 rings (SSSR count). The molecule has 0 amide bonds. The predicted octanol–water partition coefficient (Wildman–Crippen LogP) is 2.54. The van der Waals surface area contributed by atoms with Crippen LogP contribution in [0.3, 0.4) is 0 Å². The van der Waals surface area contributed by atoms with E-state index in [1.165, 1.54) is 0 Å². The van der Waals surface area contributed by atoms with E-state index in [-0.39, 0.29) is 5.92 Å². The fourth-order valence-corrected chi connectivity index (χ4v) is 3.04. The Morgan fingerprint density at radius 3 is 2.83 bits per heavy atom. The molecule has 0 saturated carbocycles. The predicted molar refractivity (Wildman–Crippen MR) is 79.1 cm³/mol. The van der Waals surface area contributed by atoms with Gasteiger partial charge in [-0.1, -0.05) is 12.1 Å². The van der Waals surface area contributed by atoms with Gasteiger partial charge in [0.25, 0.3) is 0 Å². The van der Waals surface area contributed by atoms with Gasteiger partial charge in [-0.25, -0.2) is 4.98 Å². The van der Waals surface area contributed by atoms with Gasteiger partial charge in [0, 0.05) is 32.1 Å². The summed E-state index contributed by atoms with van der Waals surface area (Å²) in [5.41, 5.74) is -0.801. The van der Waals surface area contributed by atoms with Gasteiger partial charge in [0.1, 0.15) is 5.82 Å². The molecule has 0 saturated heterocycles. The molecule has 1 atom stereocenters. The van der Waals surface area contributed by atoms with Crippen LogP contribution in [0, 0.1) is 5.92 Å². The van der Waals surface area contributed by atoms with Crippen molar-refractivity contribution >= 4 is 0 Å². The highest BCUT2D eigenvalue weighted by molar-refractivity contribution is 5.10. The lowest BCUT2D eigenvalue weighted by molar-refractivity contribution is -0.141. The summed E-state index contributed by atoms with van der Waals surface area (Å²) in [6, 6.07) is 0. The van der Waals surface area contributed by atoms with Crippen molar-refractivity contribution in [2.75, 3.05) is 13.6 Å². The molecule has 1 aliphatic heterocycles. The Morgan fingerprint density at radius 2 is 2.17 bits per heavy atom. The Balaban J connectivity index is 1.58. The van der Waals surface area contributed by atoms with Crippen molar-refractivity contribution < 1.29 is 17.7 Å². The number of aromatic nitrogens is 4. The Kier molecular flexibility index (Phi) is 4.62. The minimum Gasteiger partial charge on any atom is -0.339 e. The molecule has 2 aromatic heterocycles. The molecular formula is C15H20F3N5O. The van der Waals surface area contributed by atoms with E-state index in [2.05, 4.69) is 20.0 Å². The quantitative estimate of drug-likeness (QED) is 0.835. The number of imidazole rings is 1. The Bertz CT molecular complexity index is 694. The Labute approximate surface area is 137 Å². The number of aryl methyl sites for hydroxylation is 2. The van der Waals surface area contributed by atoms with Crippen LogP contribution in [0.15, 0.2) is 10.7 Å². The van der Waals surface area contributed by atoms with E-state index in [9.17, 15) is 13.2 Å². The maximum Gasteiger partial charge on any atom is 0.434 e. The maximum absolute atomic E-state index is 12.7. The first-order valence-electron chi connectivity index (χ1n) is 7.98. The van der Waals surface area contributed by atoms with Crippen molar-refractivity contribution in [3.8, 4) is 0 Å². The third kappa shape index (κ3) is 3.77. The molecule has 0 aromatic carbocycles. The number of halogens is 3. The summed E-state index contributed by atoms with van der Waals surface area (Å²) in [6.07, 6.45) is -1.17. The number of alkyl halides is 3. The van der Waals surface area contributed by atoms with Crippen LogP contribution >= 0.6 is 0 Å². The van der Waals surface area contributed by atoms with Crippen molar-refractivity contribution in [3.05, 3.63) is 29.4 Å². The zero-order chi connectivity index (χ0) is 17.3. The van der Waals surface area contributed by atoms with E-state index in [0.717, 1.165) is 19.2 Å². The first-order valence-corrected chi connectivity index (χ1v) is 7.98. The molecule has 9 heteroatoms. The van der Waals surface area contributed by atoms with E-state index < -0.39 is 11.9 Å². The normalized spacial score (nSPS) is 18.2. The molecule has 0 unspecified atom stereocenters. The van der Waals surface area contributed by atoms with Crippen LogP contribution in [0.25, 0.3) is 0 Å². The topological polar surface area (TPSA) is 60.0 Å². The SMILES string of the molecule is CCc1nc(CN(C)C[C@@H]2CCc3nc(C(F)(F)F)cn3C2)no1. The number of hydrogen-bond donors (Lipinski definition) is 0. The fraction of sp³-hybridized carbons (Fsp3) is 0.667. The third-order valence-corrected chi connectivity index (χ3v) is 4.17. The molecule has 0 aliphatic carbocycles. The summed E-state index contributed by atoms with van der Waals surface area (Å²) in [6.45, 7) is 3.82. The second-order valence-electron chi connectivity index (χ2n) is 6.25. The van der Waals surface area contributed by atoms with Gasteiger partial charge in [0.2, 0.25) is 5.89 Å². The van der Waals surface area contributed by atoms with Gasteiger partial charge in [-0.3, -0.25) is 4.90 Å². The van der Waals surface area contributed by atoms with E-state index in [1.54, 1.807) is 4.57 Å². The summed E-state index contributed by atoms with van der Waals surface area (Å²) >= 11 is 0. The first kappa shape index (κ1) is 16.9. The minimum atomic E-state index is -4.38. The maximum atomic E-state index is 12.7. The number of rotatable bonds is 5. The highest BCUT2D eigenvalue weighted by Gasteiger charge is 2.35. The van der Waals surface area contributed by atoms with Gasteiger partial charge in [-0.15, -0.1) is 0 Å². The van der Waals surface area contributed by atoms with E-state index in [1.807, 2.05) is 14.0 Å². The van der Waals surface area contributed by atoms with Crippen LogP contribution < -0.4 is 0 Å². The molecule has 24 heavy (non-hydrogen) atoms. The lowest BCUT2D eigenvalue weighted by atomic mass is 9.99. The molecule has 1 aliphatic rings. The van der Waals surface area contributed by atoms with Crippen LogP contribution in [0.1, 0.15) is 36.6 Å². The average Bonchev–Trinajstić information content (AvgIpc) is 3.12. The van der Waals surface area contributed by atoms with Crippen LogP contribution in [-0.4, -0.2) is 38.2 Å². The van der Waals surface area contributed by atoms with Gasteiger partial charge in [-0.2, -0.15) is 18.2 Å². The molecule has 0 bridgehead atoms. The second-order valence-corrected chi connectivity index (χ2v) is 6.25. The molecule has 0 fully saturated rings. The van der Waals surface area contributed by atoms with Crippen molar-refractivity contribution in [2.45, 2.75) is 45.5 Å². The second kappa shape index (κ2) is 6.54. The number of fused-ring (bicyclic) bond motifs is 1. The standard InChI is InChI=1S/C15H20F3N5O/c1-3-14-20-12(21-24-14)9-22(2)6-10-4-5-13-19-11(15(16,17)18)8-23(13)7-10/h8,10H,3-7,9H2,1-2H3/t10-/m0/s1. The lowest BCUT2D eigenvalue weighted by Gasteiger charge is -2.27. The highest BCUT2D eigenvalue weighted by atomic mass is 19.4. The zero-order valence-corrected chi connectivity index (χ0v) is 13.7. The first-order chi connectivity index (χ1) is 11.3. The molecule has 0 radical (unpaired) electrons. The van der Waals surface area contributed by atoms with E-state index >= 15 is 0 Å². The molecule has 6 nitrogen and oxygen atoms in total. The molecule has 132 valence electrons. The smallest absolute Gasteiger partial charge is 0.339 e. The highest BCUT2D eigenvalue weighted by Crippen LogP contribution is 2.30. The monoisotopic (exact) mass is 343 g/mol. The molecule has 2 aromatic rings. The van der Waals surface area contributed by atoms with E-state index in [0.29, 0.717) is 43.5 Å². The summed E-state index contributed by atoms with van der Waals surface area (Å²) in [4.78, 5) is 10.0. The van der Waals surface area contributed by atoms with Gasteiger partial charge in [0.15, 0.2) is 11.5 Å². The fourth-order valence-electron chi connectivity index (χ4n) is 3.04. The summed E-state index contributed by atoms with van der Waals surface area (Å²) in [7, 11) is 1.95. The molecule has 0 N–H and O–H groups in total. The third-order valence-electron chi connectivity index (χ3n) is 4.17. The minimum absolute atomic E-state index is 0.273. The van der Waals surface area contributed by atoms with Crippen LogP contribution in [0.5, 0.6) is 0 Å². The van der Waals surface area contributed by atoms with Gasteiger partial charge in [-0.05, 0) is 19.4 Å². The van der Waals surface area contributed by atoms with Crippen LogP contribution in [0.4, 0.5) is 13.2 Å². The van der Waals surface area contributed by atoms with Crippen molar-refractivity contribution in [1.82, 2.24) is 24.6 Å². The number of hydrogen-bond acceptors (Lipinski definition) is 5. The number of nitrogens with zero attached hydrogens (tertiary/aromatic N) is 5. The Morgan fingerprint density at radius 1 is 1.38 bits per heavy atom. The lowest BCUT2D eigenvalue weighted by Crippen LogP contribution is -2.31. The summed E-state index contributed by atoms with van der Waals surface area (Å²) in [5.74, 6) is 2.04. The molecular weight excluding hydrogens is 323 g/mol. The van der Waals surface area contributed by atoms with Crippen molar-refractivity contribution in [2.24, 2.45) is 5.92 Å². The van der Waals surface area contributed by atoms with Crippen molar-refractivity contribution in [1.29, 1.82) is 0 Å². The zero-order valence-electron chi connectivity index (χ0n) is 13.7. The largest absolute Gasteiger partial charge is 0.434 e. The van der Waals surface area contributed by atoms with Crippen LogP contribution in [0.2, 0.25) is 0 Å². The van der Waals surface area contributed by atoms with Gasteiger partial charge in [0.05, 0.1) is 6.54 Å². The molecule has 3 heterocycles. The van der Waals surface area contributed by atoms with Crippen LogP contribution in [-0.2, 0) is 32.1 Å². The van der Waals surface area contributed by atoms with Gasteiger partial charge >= 0.3 is 6.18 Å². The summed E-state index contributed by atoms with van der Waals surface area (Å²) in [5, 5.41) is 3.92. The van der Waals surface area contributed by atoms with E-state index in [4.69, 9.17) is 4.52 Å². The Hall–Kier alpha value is -1.90. The average molecular weight is 343 g/mol. The molecule has 0 spiro atoms. The summed E-state index contributed by atoms with van der Waals surface area (Å²) < 4.78 is 45.0. The van der Waals surface area contributed by atoms with Crippen molar-refractivity contribution in [3.63, 3.8) is 0 Å². The van der Waals surface area contributed by atoms with Gasteiger partial charge < -0.3 is 9.09 Å².